The van der Waals surface area contributed by atoms with Crippen LogP contribution in [0.4, 0.5) is 0 Å². The fourth-order valence-corrected chi connectivity index (χ4v) is 1.38. The van der Waals surface area contributed by atoms with Crippen molar-refractivity contribution in [1.82, 2.24) is 0 Å². The normalized spacial score (nSPS) is 11.0. The maximum Gasteiger partial charge on any atom is 0.335 e. The molecule has 6 heteroatoms. The monoisotopic (exact) mass is 228 g/mol. The zero-order valence-corrected chi connectivity index (χ0v) is 8.36. The number of carbonyl (C=O) groups is 1. The lowest BCUT2D eigenvalue weighted by molar-refractivity contribution is 0.0697. The molecular weight excluding hydrogens is 220 g/mol. The van der Waals surface area contributed by atoms with Gasteiger partial charge in [-0.25, -0.2) is 4.79 Å². The van der Waals surface area contributed by atoms with Crippen molar-refractivity contribution < 1.29 is 22.9 Å². The third kappa shape index (κ3) is 2.64. The van der Waals surface area contributed by atoms with Gasteiger partial charge in [-0.1, -0.05) is 18.7 Å². The third-order valence-corrected chi connectivity index (χ3v) is 2.62. The Morgan fingerprint density at radius 1 is 1.13 bits per heavy atom. The van der Waals surface area contributed by atoms with Crippen LogP contribution in [0.2, 0.25) is 0 Å². The van der Waals surface area contributed by atoms with Crippen molar-refractivity contribution in [2.75, 3.05) is 0 Å². The van der Waals surface area contributed by atoms with E-state index in [-0.39, 0.29) is 11.1 Å². The molecule has 0 aliphatic carbocycles. The minimum Gasteiger partial charge on any atom is -0.478 e. The number of carboxylic acid groups (broad SMARTS) is 1. The van der Waals surface area contributed by atoms with Crippen molar-refractivity contribution >= 4 is 21.0 Å². The molecule has 1 aromatic carbocycles. The van der Waals surface area contributed by atoms with Gasteiger partial charge in [0, 0.05) is 0 Å². The van der Waals surface area contributed by atoms with E-state index in [1.807, 2.05) is 0 Å². The molecule has 0 heterocycles. The van der Waals surface area contributed by atoms with Crippen molar-refractivity contribution in [1.29, 1.82) is 0 Å². The van der Waals surface area contributed by atoms with Crippen molar-refractivity contribution in [2.24, 2.45) is 0 Å². The van der Waals surface area contributed by atoms with Crippen LogP contribution in [0.15, 0.2) is 30.8 Å². The summed E-state index contributed by atoms with van der Waals surface area (Å²) < 4.78 is 30.1. The van der Waals surface area contributed by atoms with E-state index < -0.39 is 21.0 Å². The number of rotatable bonds is 3. The quantitative estimate of drug-likeness (QED) is 0.759. The molecular formula is C9H8O5S. The first-order valence-corrected chi connectivity index (χ1v) is 5.26. The van der Waals surface area contributed by atoms with Gasteiger partial charge in [0.15, 0.2) is 0 Å². The van der Waals surface area contributed by atoms with E-state index in [1.54, 1.807) is 0 Å². The van der Waals surface area contributed by atoms with Gasteiger partial charge in [-0.3, -0.25) is 4.55 Å². The molecule has 0 bridgehead atoms. The molecule has 0 amide bonds. The summed E-state index contributed by atoms with van der Waals surface area (Å²) in [4.78, 5) is 10.0. The highest BCUT2D eigenvalue weighted by molar-refractivity contribution is 7.95. The van der Waals surface area contributed by atoms with Gasteiger partial charge in [0.1, 0.15) is 0 Å². The molecule has 80 valence electrons. The zero-order chi connectivity index (χ0) is 11.6. The molecule has 0 saturated heterocycles. The Kier molecular flexibility index (Phi) is 2.92. The molecule has 1 rings (SSSR count). The average Bonchev–Trinajstić information content (AvgIpc) is 2.15. The second-order valence-corrected chi connectivity index (χ2v) is 4.22. The maximum atomic E-state index is 10.7. The predicted molar refractivity (Wildman–Crippen MR) is 54.0 cm³/mol. The summed E-state index contributed by atoms with van der Waals surface area (Å²) in [7, 11) is -4.33. The SMILES string of the molecule is C=C(c1ccc(C(=O)O)cc1)S(=O)(=O)O. The Bertz CT molecular complexity index is 498. The largest absolute Gasteiger partial charge is 0.478 e. The second kappa shape index (κ2) is 3.84. The fourth-order valence-electron chi connectivity index (χ4n) is 0.948. The Hall–Kier alpha value is -1.66. The minimum absolute atomic E-state index is 0.0295. The van der Waals surface area contributed by atoms with Crippen LogP contribution in [-0.4, -0.2) is 24.0 Å². The van der Waals surface area contributed by atoms with Gasteiger partial charge in [-0.2, -0.15) is 8.42 Å². The topological polar surface area (TPSA) is 91.7 Å². The molecule has 15 heavy (non-hydrogen) atoms. The van der Waals surface area contributed by atoms with Gasteiger partial charge < -0.3 is 5.11 Å². The second-order valence-electron chi connectivity index (χ2n) is 2.78. The molecule has 0 unspecified atom stereocenters. The van der Waals surface area contributed by atoms with Crippen LogP contribution >= 0.6 is 0 Å². The summed E-state index contributed by atoms with van der Waals surface area (Å²) >= 11 is 0. The highest BCUT2D eigenvalue weighted by Crippen LogP contribution is 2.18. The number of hydrogen-bond donors (Lipinski definition) is 2. The van der Waals surface area contributed by atoms with E-state index >= 15 is 0 Å². The Balaban J connectivity index is 3.11. The average molecular weight is 228 g/mol. The molecule has 0 spiro atoms. The van der Waals surface area contributed by atoms with Crippen LogP contribution in [0, 0.1) is 0 Å². The standard InChI is InChI=1S/C9H8O5S/c1-6(15(12,13)14)7-2-4-8(5-3-7)9(10)11/h2-5H,1H2,(H,10,11)(H,12,13,14). The van der Waals surface area contributed by atoms with Crippen LogP contribution < -0.4 is 0 Å². The first-order chi connectivity index (χ1) is 6.82. The third-order valence-electron chi connectivity index (χ3n) is 1.77. The zero-order valence-electron chi connectivity index (χ0n) is 7.54. The summed E-state index contributed by atoms with van der Waals surface area (Å²) in [5.41, 5.74) is 0.185. The summed E-state index contributed by atoms with van der Waals surface area (Å²) in [6.07, 6.45) is 0. The Labute approximate surface area is 86.4 Å². The van der Waals surface area contributed by atoms with E-state index in [2.05, 4.69) is 6.58 Å². The highest BCUT2D eigenvalue weighted by Gasteiger charge is 2.13. The first-order valence-electron chi connectivity index (χ1n) is 3.82. The number of carboxylic acids is 1. The summed E-state index contributed by atoms with van der Waals surface area (Å²) in [6, 6.07) is 4.99. The Morgan fingerprint density at radius 3 is 1.87 bits per heavy atom. The van der Waals surface area contributed by atoms with Crippen molar-refractivity contribution in [2.45, 2.75) is 0 Å². The fraction of sp³-hybridized carbons (Fsp3) is 0. The molecule has 2 N–H and O–H groups in total. The van der Waals surface area contributed by atoms with E-state index in [0.29, 0.717) is 0 Å². The van der Waals surface area contributed by atoms with Crippen molar-refractivity contribution in [3.05, 3.63) is 42.0 Å². The lowest BCUT2D eigenvalue weighted by Crippen LogP contribution is -2.01. The highest BCUT2D eigenvalue weighted by atomic mass is 32.2. The Morgan fingerprint density at radius 2 is 1.53 bits per heavy atom. The van der Waals surface area contributed by atoms with Crippen LogP contribution in [-0.2, 0) is 10.1 Å². The van der Waals surface area contributed by atoms with Gasteiger partial charge in [0.05, 0.1) is 10.5 Å². The van der Waals surface area contributed by atoms with Gasteiger partial charge >= 0.3 is 5.97 Å². The van der Waals surface area contributed by atoms with Gasteiger partial charge in [-0.05, 0) is 17.7 Å². The summed E-state index contributed by atoms with van der Waals surface area (Å²) in [5.74, 6) is -1.11. The van der Waals surface area contributed by atoms with E-state index in [9.17, 15) is 13.2 Å². The van der Waals surface area contributed by atoms with Gasteiger partial charge in [-0.15, -0.1) is 0 Å². The smallest absolute Gasteiger partial charge is 0.335 e. The predicted octanol–water partition coefficient (Wildman–Crippen LogP) is 1.24. The van der Waals surface area contributed by atoms with Crippen LogP contribution in [0.25, 0.3) is 4.91 Å². The van der Waals surface area contributed by atoms with Crippen LogP contribution in [0.1, 0.15) is 15.9 Å². The maximum absolute atomic E-state index is 10.7. The molecule has 0 radical (unpaired) electrons. The first kappa shape index (κ1) is 11.4. The molecule has 0 atom stereocenters. The number of aromatic carboxylic acids is 1. The molecule has 0 aliphatic heterocycles. The molecule has 0 aliphatic rings. The van der Waals surface area contributed by atoms with Crippen molar-refractivity contribution in [3.8, 4) is 0 Å². The molecule has 0 aromatic heterocycles. The van der Waals surface area contributed by atoms with E-state index in [1.165, 1.54) is 24.3 Å². The van der Waals surface area contributed by atoms with Crippen LogP contribution in [0.3, 0.4) is 0 Å². The lowest BCUT2D eigenvalue weighted by Gasteiger charge is -2.02. The number of benzene rings is 1. The van der Waals surface area contributed by atoms with E-state index in [4.69, 9.17) is 9.66 Å². The molecule has 5 nitrogen and oxygen atoms in total. The summed E-state index contributed by atoms with van der Waals surface area (Å²) in [6.45, 7) is 3.19. The van der Waals surface area contributed by atoms with Gasteiger partial charge in [0.25, 0.3) is 10.1 Å². The minimum atomic E-state index is -4.33. The van der Waals surface area contributed by atoms with Crippen molar-refractivity contribution in [3.63, 3.8) is 0 Å². The van der Waals surface area contributed by atoms with Gasteiger partial charge in [0.2, 0.25) is 0 Å². The van der Waals surface area contributed by atoms with E-state index in [0.717, 1.165) is 0 Å². The molecule has 0 fully saturated rings. The lowest BCUT2D eigenvalue weighted by atomic mass is 10.1. The van der Waals surface area contributed by atoms with Crippen LogP contribution in [0.5, 0.6) is 0 Å². The molecule has 0 saturated carbocycles. The number of hydrogen-bond acceptors (Lipinski definition) is 3. The molecule has 1 aromatic rings. The summed E-state index contributed by atoms with van der Waals surface area (Å²) in [5, 5.41) is 8.58.